The monoisotopic (exact) mass is 472 g/mol. The van der Waals surface area contributed by atoms with Gasteiger partial charge in [0, 0.05) is 4.88 Å². The Morgan fingerprint density at radius 1 is 1.06 bits per heavy atom. The fraction of sp³-hybridized carbons (Fsp3) is 0.115. The van der Waals surface area contributed by atoms with E-state index in [2.05, 4.69) is 4.99 Å². The van der Waals surface area contributed by atoms with Crippen LogP contribution in [0.5, 0.6) is 0 Å². The zero-order valence-corrected chi connectivity index (χ0v) is 19.4. The minimum Gasteiger partial charge on any atom is -0.457 e. The van der Waals surface area contributed by atoms with Crippen LogP contribution in [0.2, 0.25) is 0 Å². The molecule has 33 heavy (non-hydrogen) atoms. The van der Waals surface area contributed by atoms with Gasteiger partial charge in [-0.05, 0) is 35.6 Å². The number of hydrogen-bond acceptors (Lipinski definition) is 6. The summed E-state index contributed by atoms with van der Waals surface area (Å²) in [5, 5.41) is 1.94. The van der Waals surface area contributed by atoms with Gasteiger partial charge >= 0.3 is 5.97 Å². The van der Waals surface area contributed by atoms with E-state index >= 15 is 0 Å². The molecule has 5 nitrogen and oxygen atoms in total. The summed E-state index contributed by atoms with van der Waals surface area (Å²) >= 11 is 2.84. The van der Waals surface area contributed by atoms with Crippen molar-refractivity contribution in [2.75, 3.05) is 0 Å². The van der Waals surface area contributed by atoms with E-state index in [9.17, 15) is 9.59 Å². The number of thiophene rings is 1. The average Bonchev–Trinajstić information content (AvgIpc) is 3.47. The fourth-order valence-corrected chi connectivity index (χ4v) is 5.67. The van der Waals surface area contributed by atoms with Crippen LogP contribution in [0.15, 0.2) is 99.2 Å². The second kappa shape index (κ2) is 9.13. The summed E-state index contributed by atoms with van der Waals surface area (Å²) in [5.41, 5.74) is 2.64. The Balaban J connectivity index is 1.59. The maximum atomic E-state index is 13.5. The predicted molar refractivity (Wildman–Crippen MR) is 131 cm³/mol. The van der Waals surface area contributed by atoms with Gasteiger partial charge < -0.3 is 4.74 Å². The van der Waals surface area contributed by atoms with Gasteiger partial charge in [-0.2, -0.15) is 0 Å². The Hall–Kier alpha value is -3.55. The van der Waals surface area contributed by atoms with Crippen molar-refractivity contribution in [3.8, 4) is 0 Å². The van der Waals surface area contributed by atoms with Gasteiger partial charge in [-0.1, -0.05) is 78.1 Å². The number of fused-ring (bicyclic) bond motifs is 1. The molecule has 164 valence electrons. The standard InChI is InChI=1S/C26H20N2O3S2/c1-17-22(25(30)31-16-19-11-6-3-7-12-19)23(20-13-8-14-32-20)28-24(29)21(33-26(28)27-17)15-18-9-4-2-5-10-18/h2-15,23H,16H2,1H3/b21-15+/t23-/m0/s1. The summed E-state index contributed by atoms with van der Waals surface area (Å²) in [7, 11) is 0. The van der Waals surface area contributed by atoms with E-state index in [0.29, 0.717) is 20.6 Å². The highest BCUT2D eigenvalue weighted by atomic mass is 32.1. The first kappa shape index (κ1) is 21.3. The summed E-state index contributed by atoms with van der Waals surface area (Å²) in [4.78, 5) is 32.8. The van der Waals surface area contributed by atoms with Crippen LogP contribution >= 0.6 is 22.7 Å². The fourth-order valence-electron chi connectivity index (χ4n) is 3.80. The summed E-state index contributed by atoms with van der Waals surface area (Å²) in [5.74, 6) is -0.462. The van der Waals surface area contributed by atoms with Gasteiger partial charge in [0.1, 0.15) is 12.6 Å². The molecule has 3 heterocycles. The molecular weight excluding hydrogens is 452 g/mol. The third kappa shape index (κ3) is 4.25. The molecule has 0 N–H and O–H groups in total. The minimum atomic E-state index is -0.567. The van der Waals surface area contributed by atoms with Gasteiger partial charge in [0.05, 0.1) is 15.8 Å². The van der Waals surface area contributed by atoms with Crippen LogP contribution in [0.1, 0.15) is 29.0 Å². The number of carbonyl (C=O) groups excluding carboxylic acids is 1. The third-order valence-electron chi connectivity index (χ3n) is 5.36. The quantitative estimate of drug-likeness (QED) is 0.412. The van der Waals surface area contributed by atoms with Crippen molar-refractivity contribution in [3.05, 3.63) is 125 Å². The molecule has 0 fully saturated rings. The molecule has 0 radical (unpaired) electrons. The van der Waals surface area contributed by atoms with Crippen molar-refractivity contribution in [2.24, 2.45) is 4.99 Å². The van der Waals surface area contributed by atoms with Crippen LogP contribution in [0, 0.1) is 0 Å². The highest BCUT2D eigenvalue weighted by Crippen LogP contribution is 2.33. The molecule has 0 saturated carbocycles. The maximum absolute atomic E-state index is 13.5. The second-order valence-corrected chi connectivity index (χ2v) is 9.56. The summed E-state index contributed by atoms with van der Waals surface area (Å²) in [6.07, 6.45) is 1.86. The number of aromatic nitrogens is 1. The molecule has 1 aliphatic rings. The largest absolute Gasteiger partial charge is 0.457 e. The van der Waals surface area contributed by atoms with Gasteiger partial charge in [-0.25, -0.2) is 9.79 Å². The molecule has 2 aromatic carbocycles. The number of ether oxygens (including phenoxy) is 1. The number of hydrogen-bond donors (Lipinski definition) is 0. The zero-order valence-electron chi connectivity index (χ0n) is 17.8. The Morgan fingerprint density at radius 2 is 1.79 bits per heavy atom. The van der Waals surface area contributed by atoms with E-state index in [4.69, 9.17) is 4.74 Å². The highest BCUT2D eigenvalue weighted by molar-refractivity contribution is 7.10. The molecule has 4 aromatic rings. The van der Waals surface area contributed by atoms with Gasteiger partial charge in [-0.15, -0.1) is 11.3 Å². The van der Waals surface area contributed by atoms with Crippen molar-refractivity contribution >= 4 is 34.7 Å². The molecular formula is C26H20N2O3S2. The molecule has 0 spiro atoms. The van der Waals surface area contributed by atoms with Crippen molar-refractivity contribution in [3.63, 3.8) is 0 Å². The lowest BCUT2D eigenvalue weighted by molar-refractivity contribution is -0.140. The van der Waals surface area contributed by atoms with Crippen molar-refractivity contribution in [1.29, 1.82) is 0 Å². The Bertz CT molecular complexity index is 1500. The lowest BCUT2D eigenvalue weighted by Crippen LogP contribution is -2.39. The molecule has 2 aromatic heterocycles. The van der Waals surface area contributed by atoms with Gasteiger partial charge in [0.2, 0.25) is 0 Å². The number of benzene rings is 2. The molecule has 5 rings (SSSR count). The van der Waals surface area contributed by atoms with Crippen LogP contribution in [-0.2, 0) is 16.1 Å². The summed E-state index contributed by atoms with van der Waals surface area (Å²) in [6.45, 7) is 1.96. The molecule has 0 aliphatic carbocycles. The van der Waals surface area contributed by atoms with E-state index in [1.165, 1.54) is 22.7 Å². The number of esters is 1. The van der Waals surface area contributed by atoms with Crippen LogP contribution in [0.25, 0.3) is 6.08 Å². The molecule has 0 bridgehead atoms. The molecule has 1 aliphatic heterocycles. The Kier molecular flexibility index (Phi) is 5.90. The lowest BCUT2D eigenvalue weighted by atomic mass is 10.0. The van der Waals surface area contributed by atoms with E-state index < -0.39 is 12.0 Å². The number of allylic oxidation sites excluding steroid dienone is 1. The minimum absolute atomic E-state index is 0.159. The molecule has 0 amide bonds. The molecule has 7 heteroatoms. The van der Waals surface area contributed by atoms with E-state index in [0.717, 1.165) is 16.0 Å². The smallest absolute Gasteiger partial charge is 0.338 e. The third-order valence-corrected chi connectivity index (χ3v) is 7.27. The number of rotatable bonds is 5. The first-order valence-corrected chi connectivity index (χ1v) is 12.1. The van der Waals surface area contributed by atoms with Crippen molar-refractivity contribution in [1.82, 2.24) is 4.57 Å². The van der Waals surface area contributed by atoms with Crippen LogP contribution in [0.4, 0.5) is 0 Å². The topological polar surface area (TPSA) is 60.7 Å². The zero-order chi connectivity index (χ0) is 22.8. The van der Waals surface area contributed by atoms with Crippen molar-refractivity contribution in [2.45, 2.75) is 19.6 Å². The molecule has 0 unspecified atom stereocenters. The van der Waals surface area contributed by atoms with Gasteiger partial charge in [0.25, 0.3) is 5.56 Å². The highest BCUT2D eigenvalue weighted by Gasteiger charge is 2.34. The van der Waals surface area contributed by atoms with E-state index in [-0.39, 0.29) is 12.2 Å². The van der Waals surface area contributed by atoms with E-state index in [1.54, 1.807) is 11.5 Å². The second-order valence-electron chi connectivity index (χ2n) is 7.57. The molecule has 0 saturated heterocycles. The summed E-state index contributed by atoms with van der Waals surface area (Å²) < 4.78 is 7.85. The first-order valence-electron chi connectivity index (χ1n) is 10.4. The predicted octanol–water partition coefficient (Wildman–Crippen LogP) is 4.04. The lowest BCUT2D eigenvalue weighted by Gasteiger charge is -2.23. The van der Waals surface area contributed by atoms with E-state index in [1.807, 2.05) is 84.3 Å². The SMILES string of the molecule is CC1=C(C(=O)OCc2ccccc2)[C@H](c2cccs2)n2c(s/c(=C/c3ccccc3)c2=O)=N1. The Morgan fingerprint density at radius 3 is 2.48 bits per heavy atom. The normalized spacial score (nSPS) is 15.8. The summed E-state index contributed by atoms with van der Waals surface area (Å²) in [6, 6.07) is 22.5. The number of carbonyl (C=O) groups is 1. The van der Waals surface area contributed by atoms with Crippen LogP contribution in [-0.4, -0.2) is 10.5 Å². The number of nitrogens with zero attached hydrogens (tertiary/aromatic N) is 2. The van der Waals surface area contributed by atoms with Crippen LogP contribution < -0.4 is 14.9 Å². The van der Waals surface area contributed by atoms with Gasteiger partial charge in [-0.3, -0.25) is 9.36 Å². The average molecular weight is 473 g/mol. The van der Waals surface area contributed by atoms with Crippen molar-refractivity contribution < 1.29 is 9.53 Å². The first-order chi connectivity index (χ1) is 16.1. The molecule has 1 atom stereocenters. The maximum Gasteiger partial charge on any atom is 0.338 e. The van der Waals surface area contributed by atoms with Gasteiger partial charge in [0.15, 0.2) is 4.80 Å². The Labute approximate surface area is 198 Å². The van der Waals surface area contributed by atoms with Crippen LogP contribution in [0.3, 0.4) is 0 Å². The number of thiazole rings is 1.